The maximum absolute atomic E-state index is 12.5. The average Bonchev–Trinajstić information content (AvgIpc) is 2.68. The van der Waals surface area contributed by atoms with Crippen molar-refractivity contribution in [1.82, 2.24) is 4.90 Å². The summed E-state index contributed by atoms with van der Waals surface area (Å²) in [6.07, 6.45) is 0. The van der Waals surface area contributed by atoms with E-state index in [1.54, 1.807) is 4.90 Å². The molecule has 1 amide bonds. The molecule has 0 spiro atoms. The van der Waals surface area contributed by atoms with E-state index in [0.29, 0.717) is 24.9 Å². The van der Waals surface area contributed by atoms with Crippen LogP contribution in [0.1, 0.15) is 44.0 Å². The zero-order chi connectivity index (χ0) is 16.4. The number of hydrogen-bond donors (Lipinski definition) is 0. The number of rotatable bonds is 6. The molecule has 0 aromatic carbocycles. The summed E-state index contributed by atoms with van der Waals surface area (Å²) >= 11 is 0. The van der Waals surface area contributed by atoms with E-state index in [1.165, 1.54) is 13.0 Å². The van der Waals surface area contributed by atoms with Crippen molar-refractivity contribution in [3.8, 4) is 0 Å². The summed E-state index contributed by atoms with van der Waals surface area (Å²) < 4.78 is 28.1. The largest absolute Gasteiger partial charge is 0.455 e. The molecule has 0 saturated carbocycles. The molecular formula is C14H22ClNO4S. The Morgan fingerprint density at radius 3 is 2.05 bits per heavy atom. The topological polar surface area (TPSA) is 67.6 Å². The highest BCUT2D eigenvalue weighted by molar-refractivity contribution is 8.13. The van der Waals surface area contributed by atoms with E-state index >= 15 is 0 Å². The van der Waals surface area contributed by atoms with Crippen LogP contribution in [0.3, 0.4) is 0 Å². The molecule has 1 aromatic rings. The lowest BCUT2D eigenvalue weighted by molar-refractivity contribution is 0.0681. The molecule has 7 heteroatoms. The number of aryl methyl sites for hydroxylation is 1. The van der Waals surface area contributed by atoms with E-state index in [2.05, 4.69) is 0 Å². The smallest absolute Gasteiger partial charge is 0.289 e. The molecule has 120 valence electrons. The van der Waals surface area contributed by atoms with Crippen LogP contribution in [-0.2, 0) is 9.05 Å². The van der Waals surface area contributed by atoms with Gasteiger partial charge >= 0.3 is 0 Å². The SMILES string of the molecule is Cc1oc(C(=O)N(CC(C)C)CC(C)C)cc1S(=O)(=O)Cl. The number of hydrogen-bond acceptors (Lipinski definition) is 4. The highest BCUT2D eigenvalue weighted by atomic mass is 35.7. The van der Waals surface area contributed by atoms with Crippen molar-refractivity contribution < 1.29 is 17.6 Å². The Morgan fingerprint density at radius 1 is 1.24 bits per heavy atom. The number of halogens is 1. The van der Waals surface area contributed by atoms with Crippen molar-refractivity contribution in [3.63, 3.8) is 0 Å². The Labute approximate surface area is 130 Å². The van der Waals surface area contributed by atoms with Crippen molar-refractivity contribution in [3.05, 3.63) is 17.6 Å². The van der Waals surface area contributed by atoms with Crippen LogP contribution < -0.4 is 0 Å². The van der Waals surface area contributed by atoms with Crippen LogP contribution in [0.15, 0.2) is 15.4 Å². The van der Waals surface area contributed by atoms with Crippen LogP contribution in [0.4, 0.5) is 0 Å². The summed E-state index contributed by atoms with van der Waals surface area (Å²) in [7, 11) is 1.41. The van der Waals surface area contributed by atoms with Crippen LogP contribution in [0.25, 0.3) is 0 Å². The first-order valence-electron chi connectivity index (χ1n) is 6.86. The van der Waals surface area contributed by atoms with Crippen molar-refractivity contribution in [1.29, 1.82) is 0 Å². The maximum atomic E-state index is 12.5. The normalized spacial score (nSPS) is 12.2. The van der Waals surface area contributed by atoms with E-state index in [9.17, 15) is 13.2 Å². The Bertz CT molecular complexity index is 594. The van der Waals surface area contributed by atoms with E-state index < -0.39 is 9.05 Å². The van der Waals surface area contributed by atoms with E-state index in [4.69, 9.17) is 15.1 Å². The van der Waals surface area contributed by atoms with Gasteiger partial charge in [0.2, 0.25) is 0 Å². The molecule has 21 heavy (non-hydrogen) atoms. The molecule has 0 aliphatic heterocycles. The lowest BCUT2D eigenvalue weighted by Crippen LogP contribution is -2.36. The van der Waals surface area contributed by atoms with Gasteiger partial charge in [-0.15, -0.1) is 0 Å². The van der Waals surface area contributed by atoms with E-state index in [1.807, 2.05) is 27.7 Å². The van der Waals surface area contributed by atoms with Gasteiger partial charge in [0.15, 0.2) is 5.76 Å². The third-order valence-corrected chi connectivity index (χ3v) is 4.23. The standard InChI is InChI=1S/C14H22ClNO4S/c1-9(2)7-16(8-10(3)4)14(17)12-6-13(11(5)20-12)21(15,18)19/h6,9-10H,7-8H2,1-5H3. The van der Waals surface area contributed by atoms with Crippen LogP contribution in [-0.4, -0.2) is 32.3 Å². The summed E-state index contributed by atoms with van der Waals surface area (Å²) in [6, 6.07) is 1.20. The predicted molar refractivity (Wildman–Crippen MR) is 82.1 cm³/mol. The number of furan rings is 1. The van der Waals surface area contributed by atoms with Gasteiger partial charge in [0, 0.05) is 29.8 Å². The van der Waals surface area contributed by atoms with Gasteiger partial charge in [-0.25, -0.2) is 8.42 Å². The highest BCUT2D eigenvalue weighted by Gasteiger charge is 2.26. The first kappa shape index (κ1) is 18.0. The molecule has 0 atom stereocenters. The fourth-order valence-electron chi connectivity index (χ4n) is 2.09. The molecular weight excluding hydrogens is 314 g/mol. The van der Waals surface area contributed by atoms with Gasteiger partial charge in [-0.3, -0.25) is 4.79 Å². The Kier molecular flexibility index (Phi) is 5.87. The minimum Gasteiger partial charge on any atom is -0.455 e. The monoisotopic (exact) mass is 335 g/mol. The van der Waals surface area contributed by atoms with Crippen LogP contribution in [0, 0.1) is 18.8 Å². The zero-order valence-electron chi connectivity index (χ0n) is 13.0. The number of amides is 1. The fourth-order valence-corrected chi connectivity index (χ4v) is 3.18. The minimum absolute atomic E-state index is 0.00743. The van der Waals surface area contributed by atoms with E-state index in [-0.39, 0.29) is 22.3 Å². The van der Waals surface area contributed by atoms with Crippen molar-refractivity contribution in [2.75, 3.05) is 13.1 Å². The molecule has 5 nitrogen and oxygen atoms in total. The van der Waals surface area contributed by atoms with Crippen molar-refractivity contribution in [2.45, 2.75) is 39.5 Å². The molecule has 0 aliphatic rings. The lowest BCUT2D eigenvalue weighted by Gasteiger charge is -2.25. The molecule has 0 aliphatic carbocycles. The number of nitrogens with zero attached hydrogens (tertiary/aromatic N) is 1. The second-order valence-electron chi connectivity index (χ2n) is 5.97. The number of carbonyl (C=O) groups is 1. The van der Waals surface area contributed by atoms with Crippen molar-refractivity contribution in [2.24, 2.45) is 11.8 Å². The van der Waals surface area contributed by atoms with Gasteiger partial charge in [-0.1, -0.05) is 27.7 Å². The van der Waals surface area contributed by atoms with Gasteiger partial charge in [-0.05, 0) is 18.8 Å². The summed E-state index contributed by atoms with van der Waals surface area (Å²) in [6.45, 7) is 10.7. The van der Waals surface area contributed by atoms with Gasteiger partial charge in [0.05, 0.1) is 0 Å². The Hall–Kier alpha value is -1.01. The van der Waals surface area contributed by atoms with E-state index in [0.717, 1.165) is 0 Å². The molecule has 1 rings (SSSR count). The second kappa shape index (κ2) is 6.83. The zero-order valence-corrected chi connectivity index (χ0v) is 14.6. The fraction of sp³-hybridized carbons (Fsp3) is 0.643. The predicted octanol–water partition coefficient (Wildman–Crippen LogP) is 3.27. The summed E-state index contributed by atoms with van der Waals surface area (Å²) in [5.74, 6) is 0.433. The first-order chi connectivity index (χ1) is 9.52. The summed E-state index contributed by atoms with van der Waals surface area (Å²) in [5, 5.41) is 0. The molecule has 0 unspecified atom stereocenters. The first-order valence-corrected chi connectivity index (χ1v) is 9.17. The third kappa shape index (κ3) is 5.04. The van der Waals surface area contributed by atoms with Gasteiger partial charge in [-0.2, -0.15) is 0 Å². The molecule has 0 fully saturated rings. The lowest BCUT2D eigenvalue weighted by atomic mass is 10.1. The average molecular weight is 336 g/mol. The number of carbonyl (C=O) groups excluding carboxylic acids is 1. The van der Waals surface area contributed by atoms with Gasteiger partial charge in [0.25, 0.3) is 15.0 Å². The third-order valence-electron chi connectivity index (χ3n) is 2.80. The summed E-state index contributed by atoms with van der Waals surface area (Å²) in [4.78, 5) is 14.0. The molecule has 0 N–H and O–H groups in total. The molecule has 0 saturated heterocycles. The molecule has 1 heterocycles. The molecule has 1 aromatic heterocycles. The quantitative estimate of drug-likeness (QED) is 0.748. The van der Waals surface area contributed by atoms with Crippen LogP contribution >= 0.6 is 10.7 Å². The second-order valence-corrected chi connectivity index (χ2v) is 8.50. The van der Waals surface area contributed by atoms with Gasteiger partial charge in [0.1, 0.15) is 10.7 Å². The molecule has 0 bridgehead atoms. The minimum atomic E-state index is -3.91. The highest BCUT2D eigenvalue weighted by Crippen LogP contribution is 2.24. The van der Waals surface area contributed by atoms with Crippen LogP contribution in [0.2, 0.25) is 0 Å². The Balaban J connectivity index is 3.09. The van der Waals surface area contributed by atoms with Crippen LogP contribution in [0.5, 0.6) is 0 Å². The maximum Gasteiger partial charge on any atom is 0.289 e. The van der Waals surface area contributed by atoms with Gasteiger partial charge < -0.3 is 9.32 Å². The Morgan fingerprint density at radius 2 is 1.71 bits per heavy atom. The summed E-state index contributed by atoms with van der Waals surface area (Å²) in [5.41, 5.74) is 0. The molecule has 0 radical (unpaired) electrons. The van der Waals surface area contributed by atoms with Crippen molar-refractivity contribution >= 4 is 25.6 Å².